The minimum absolute atomic E-state index is 0.105. The van der Waals surface area contributed by atoms with Crippen LogP contribution in [0.3, 0.4) is 0 Å². The summed E-state index contributed by atoms with van der Waals surface area (Å²) in [5.41, 5.74) is 0.924. The van der Waals surface area contributed by atoms with Gasteiger partial charge in [-0.1, -0.05) is 6.08 Å². The molecule has 0 unspecified atom stereocenters. The van der Waals surface area contributed by atoms with E-state index in [1.165, 1.54) is 0 Å². The molecule has 11 heavy (non-hydrogen) atoms. The molecule has 0 saturated carbocycles. The third-order valence-electron chi connectivity index (χ3n) is 1.31. The van der Waals surface area contributed by atoms with Crippen LogP contribution in [0.15, 0.2) is 35.2 Å². The molecule has 0 N–H and O–H groups in total. The maximum Gasteiger partial charge on any atom is 0.159 e. The van der Waals surface area contributed by atoms with Gasteiger partial charge in [-0.05, 0) is 24.6 Å². The molecule has 0 spiro atoms. The normalized spacial score (nSPS) is 10.6. The van der Waals surface area contributed by atoms with Gasteiger partial charge in [-0.3, -0.25) is 4.79 Å². The summed E-state index contributed by atoms with van der Waals surface area (Å²) in [7, 11) is 0. The lowest BCUT2D eigenvalue weighted by molar-refractivity contribution is -0.114. The summed E-state index contributed by atoms with van der Waals surface area (Å²) in [6, 6.07) is 1.79. The standard InChI is InChI=1S/C9H10O2/c1-2-3-9(10)6-8-4-5-11-7-8/h2-5,7H,6H2,1H3/b3-2+. The van der Waals surface area contributed by atoms with Gasteiger partial charge in [0.1, 0.15) is 0 Å². The second kappa shape index (κ2) is 3.76. The van der Waals surface area contributed by atoms with E-state index in [0.717, 1.165) is 5.56 Å². The van der Waals surface area contributed by atoms with E-state index in [1.807, 2.05) is 6.92 Å². The van der Waals surface area contributed by atoms with E-state index in [9.17, 15) is 4.79 Å². The molecule has 0 aliphatic carbocycles. The first-order valence-electron chi connectivity index (χ1n) is 3.49. The van der Waals surface area contributed by atoms with Crippen molar-refractivity contribution in [3.63, 3.8) is 0 Å². The number of furan rings is 1. The number of carbonyl (C=O) groups is 1. The average Bonchev–Trinajstić information content (AvgIpc) is 2.40. The quantitative estimate of drug-likeness (QED) is 0.616. The van der Waals surface area contributed by atoms with Crippen molar-refractivity contribution < 1.29 is 9.21 Å². The van der Waals surface area contributed by atoms with Crippen molar-refractivity contribution in [2.75, 3.05) is 0 Å². The predicted octanol–water partition coefficient (Wildman–Crippen LogP) is 1.97. The molecule has 2 nitrogen and oxygen atoms in total. The maximum atomic E-state index is 11.0. The van der Waals surface area contributed by atoms with Gasteiger partial charge in [0.15, 0.2) is 5.78 Å². The highest BCUT2D eigenvalue weighted by atomic mass is 16.3. The van der Waals surface area contributed by atoms with Crippen molar-refractivity contribution in [2.45, 2.75) is 13.3 Å². The smallest absolute Gasteiger partial charge is 0.159 e. The molecule has 0 aliphatic heterocycles. The first-order chi connectivity index (χ1) is 5.33. The van der Waals surface area contributed by atoms with E-state index < -0.39 is 0 Å². The molecule has 0 aliphatic rings. The Labute approximate surface area is 65.5 Å². The lowest BCUT2D eigenvalue weighted by Gasteiger charge is -1.87. The van der Waals surface area contributed by atoms with Crippen LogP contribution in [0, 0.1) is 0 Å². The van der Waals surface area contributed by atoms with Crippen LogP contribution in [0.1, 0.15) is 12.5 Å². The number of allylic oxidation sites excluding steroid dienone is 2. The minimum atomic E-state index is 0.105. The zero-order valence-electron chi connectivity index (χ0n) is 6.41. The Hall–Kier alpha value is -1.31. The number of ketones is 1. The lowest BCUT2D eigenvalue weighted by atomic mass is 10.2. The highest BCUT2D eigenvalue weighted by molar-refractivity contribution is 5.91. The van der Waals surface area contributed by atoms with Gasteiger partial charge in [-0.15, -0.1) is 0 Å². The molecule has 1 aromatic rings. The van der Waals surface area contributed by atoms with Crippen molar-refractivity contribution in [3.8, 4) is 0 Å². The zero-order chi connectivity index (χ0) is 8.10. The Morgan fingerprint density at radius 3 is 3.09 bits per heavy atom. The van der Waals surface area contributed by atoms with Crippen LogP contribution >= 0.6 is 0 Å². The third kappa shape index (κ3) is 2.42. The summed E-state index contributed by atoms with van der Waals surface area (Å²) >= 11 is 0. The van der Waals surface area contributed by atoms with Gasteiger partial charge < -0.3 is 4.42 Å². The fraction of sp³-hybridized carbons (Fsp3) is 0.222. The molecule has 0 atom stereocenters. The average molecular weight is 150 g/mol. The van der Waals surface area contributed by atoms with E-state index in [-0.39, 0.29) is 5.78 Å². The van der Waals surface area contributed by atoms with Crippen molar-refractivity contribution in [1.29, 1.82) is 0 Å². The van der Waals surface area contributed by atoms with Gasteiger partial charge in [0.05, 0.1) is 12.5 Å². The van der Waals surface area contributed by atoms with Crippen molar-refractivity contribution >= 4 is 5.78 Å². The Kier molecular flexibility index (Phi) is 2.66. The van der Waals surface area contributed by atoms with Crippen LogP contribution in [0.4, 0.5) is 0 Å². The molecule has 1 aromatic heterocycles. The second-order valence-corrected chi connectivity index (χ2v) is 2.27. The van der Waals surface area contributed by atoms with E-state index in [1.54, 1.807) is 30.7 Å². The fourth-order valence-corrected chi connectivity index (χ4v) is 0.839. The van der Waals surface area contributed by atoms with Gasteiger partial charge in [0, 0.05) is 6.42 Å². The van der Waals surface area contributed by atoms with Crippen molar-refractivity contribution in [2.24, 2.45) is 0 Å². The zero-order valence-corrected chi connectivity index (χ0v) is 6.41. The number of rotatable bonds is 3. The summed E-state index contributed by atoms with van der Waals surface area (Å²) in [6.45, 7) is 1.83. The molecule has 1 rings (SSSR count). The summed E-state index contributed by atoms with van der Waals surface area (Å²) < 4.78 is 4.82. The molecule has 0 amide bonds. The monoisotopic (exact) mass is 150 g/mol. The van der Waals surface area contributed by atoms with Crippen molar-refractivity contribution in [1.82, 2.24) is 0 Å². The largest absolute Gasteiger partial charge is 0.472 e. The fourth-order valence-electron chi connectivity index (χ4n) is 0.839. The number of hydrogen-bond donors (Lipinski definition) is 0. The number of carbonyl (C=O) groups excluding carboxylic acids is 1. The first-order valence-corrected chi connectivity index (χ1v) is 3.49. The topological polar surface area (TPSA) is 30.2 Å². The Balaban J connectivity index is 2.50. The minimum Gasteiger partial charge on any atom is -0.472 e. The summed E-state index contributed by atoms with van der Waals surface area (Å²) in [5.74, 6) is 0.105. The Bertz CT molecular complexity index is 245. The van der Waals surface area contributed by atoms with Gasteiger partial charge in [0.25, 0.3) is 0 Å². The summed E-state index contributed by atoms with van der Waals surface area (Å²) in [5, 5.41) is 0. The number of hydrogen-bond acceptors (Lipinski definition) is 2. The SMILES string of the molecule is C/C=C/C(=O)Cc1ccoc1. The van der Waals surface area contributed by atoms with Gasteiger partial charge in [-0.25, -0.2) is 0 Å². The maximum absolute atomic E-state index is 11.0. The van der Waals surface area contributed by atoms with Crippen LogP contribution in [-0.4, -0.2) is 5.78 Å². The molecule has 0 saturated heterocycles. The van der Waals surface area contributed by atoms with E-state index in [4.69, 9.17) is 4.42 Å². The highest BCUT2D eigenvalue weighted by Gasteiger charge is 1.98. The molecule has 0 fully saturated rings. The van der Waals surface area contributed by atoms with Crippen LogP contribution in [0.5, 0.6) is 0 Å². The third-order valence-corrected chi connectivity index (χ3v) is 1.31. The predicted molar refractivity (Wildman–Crippen MR) is 42.2 cm³/mol. The molecular weight excluding hydrogens is 140 g/mol. The molecule has 0 bridgehead atoms. The van der Waals surface area contributed by atoms with Crippen LogP contribution < -0.4 is 0 Å². The van der Waals surface area contributed by atoms with Crippen LogP contribution in [0.2, 0.25) is 0 Å². The van der Waals surface area contributed by atoms with Gasteiger partial charge >= 0.3 is 0 Å². The first kappa shape index (κ1) is 7.79. The second-order valence-electron chi connectivity index (χ2n) is 2.27. The van der Waals surface area contributed by atoms with Gasteiger partial charge in [0.2, 0.25) is 0 Å². The van der Waals surface area contributed by atoms with E-state index in [2.05, 4.69) is 0 Å². The van der Waals surface area contributed by atoms with Crippen molar-refractivity contribution in [3.05, 3.63) is 36.3 Å². The molecule has 0 radical (unpaired) electrons. The van der Waals surface area contributed by atoms with E-state index >= 15 is 0 Å². The Morgan fingerprint density at radius 1 is 1.73 bits per heavy atom. The molecule has 1 heterocycles. The summed E-state index contributed by atoms with van der Waals surface area (Å²) in [4.78, 5) is 11.0. The highest BCUT2D eigenvalue weighted by Crippen LogP contribution is 2.01. The molecule has 2 heteroatoms. The lowest BCUT2D eigenvalue weighted by Crippen LogP contribution is -1.95. The van der Waals surface area contributed by atoms with Crippen LogP contribution in [0.25, 0.3) is 0 Å². The molecular formula is C9H10O2. The molecule has 58 valence electrons. The summed E-state index contributed by atoms with van der Waals surface area (Å²) in [6.07, 6.45) is 6.88. The Morgan fingerprint density at radius 2 is 2.55 bits per heavy atom. The molecule has 0 aromatic carbocycles. The van der Waals surface area contributed by atoms with E-state index in [0.29, 0.717) is 6.42 Å². The van der Waals surface area contributed by atoms with Gasteiger partial charge in [-0.2, -0.15) is 0 Å². The van der Waals surface area contributed by atoms with Crippen LogP contribution in [-0.2, 0) is 11.2 Å².